The summed E-state index contributed by atoms with van der Waals surface area (Å²) in [6.07, 6.45) is 0.845. The quantitative estimate of drug-likeness (QED) is 0.680. The highest BCUT2D eigenvalue weighted by atomic mass is 32.1. The molecule has 1 saturated heterocycles. The van der Waals surface area contributed by atoms with E-state index in [1.54, 1.807) is 11.3 Å². The summed E-state index contributed by atoms with van der Waals surface area (Å²) < 4.78 is 5.30. The first-order valence-electron chi connectivity index (χ1n) is 7.04. The van der Waals surface area contributed by atoms with Crippen molar-refractivity contribution in [1.82, 2.24) is 9.88 Å². The van der Waals surface area contributed by atoms with Crippen LogP contribution in [0.15, 0.2) is 10.4 Å². The van der Waals surface area contributed by atoms with Crippen LogP contribution in [0.4, 0.5) is 0 Å². The van der Waals surface area contributed by atoms with Crippen LogP contribution in [0, 0.1) is 0 Å². The minimum atomic E-state index is 0.124. The summed E-state index contributed by atoms with van der Waals surface area (Å²) in [6, 6.07) is 0. The van der Waals surface area contributed by atoms with Gasteiger partial charge in [0.05, 0.1) is 23.9 Å². The van der Waals surface area contributed by atoms with Gasteiger partial charge in [-0.1, -0.05) is 20.8 Å². The molecule has 20 heavy (non-hydrogen) atoms. The SMILES string of the molecule is CC(C)(C)c1nc(CCN=C(N)N2CCOCC2)cs1. The maximum Gasteiger partial charge on any atom is 0.191 e. The molecule has 5 nitrogen and oxygen atoms in total. The summed E-state index contributed by atoms with van der Waals surface area (Å²) in [4.78, 5) is 11.2. The zero-order chi connectivity index (χ0) is 14.6. The van der Waals surface area contributed by atoms with E-state index in [-0.39, 0.29) is 5.41 Å². The molecule has 0 amide bonds. The Labute approximate surface area is 124 Å². The Kier molecular flexibility index (Phi) is 4.99. The number of thiazole rings is 1. The number of hydrogen-bond donors (Lipinski definition) is 1. The Morgan fingerprint density at radius 2 is 2.15 bits per heavy atom. The maximum absolute atomic E-state index is 5.99. The normalized spacial score (nSPS) is 17.6. The van der Waals surface area contributed by atoms with Crippen LogP contribution in [0.25, 0.3) is 0 Å². The molecule has 0 unspecified atom stereocenters. The maximum atomic E-state index is 5.99. The second kappa shape index (κ2) is 6.54. The van der Waals surface area contributed by atoms with Crippen LogP contribution in [0.2, 0.25) is 0 Å². The molecule has 1 aromatic rings. The summed E-state index contributed by atoms with van der Waals surface area (Å²) in [5.74, 6) is 0.625. The summed E-state index contributed by atoms with van der Waals surface area (Å²) in [5.41, 5.74) is 7.22. The van der Waals surface area contributed by atoms with Gasteiger partial charge in [-0.05, 0) is 0 Å². The molecule has 2 N–H and O–H groups in total. The lowest BCUT2D eigenvalue weighted by atomic mass is 9.98. The Morgan fingerprint density at radius 1 is 1.45 bits per heavy atom. The molecule has 1 aliphatic rings. The number of morpholine rings is 1. The molecular formula is C14H24N4OS. The second-order valence-corrected chi connectivity index (χ2v) is 6.84. The summed E-state index contributed by atoms with van der Waals surface area (Å²) in [6.45, 7) is 10.4. The Balaban J connectivity index is 1.84. The van der Waals surface area contributed by atoms with Crippen molar-refractivity contribution in [3.63, 3.8) is 0 Å². The third kappa shape index (κ3) is 4.18. The van der Waals surface area contributed by atoms with Crippen LogP contribution in [-0.4, -0.2) is 48.7 Å². The Morgan fingerprint density at radius 3 is 2.75 bits per heavy atom. The third-order valence-electron chi connectivity index (χ3n) is 3.17. The number of nitrogens with two attached hydrogens (primary N) is 1. The average Bonchev–Trinajstić information content (AvgIpc) is 2.88. The monoisotopic (exact) mass is 296 g/mol. The fourth-order valence-electron chi connectivity index (χ4n) is 1.94. The van der Waals surface area contributed by atoms with Gasteiger partial charge in [0.1, 0.15) is 0 Å². The Bertz CT molecular complexity index is 458. The molecule has 0 aromatic carbocycles. The first-order chi connectivity index (χ1) is 9.47. The topological polar surface area (TPSA) is 63.7 Å². The predicted molar refractivity (Wildman–Crippen MR) is 83.4 cm³/mol. The molecule has 0 saturated carbocycles. The van der Waals surface area contributed by atoms with Gasteiger partial charge in [-0.25, -0.2) is 4.98 Å². The predicted octanol–water partition coefficient (Wildman–Crippen LogP) is 1.63. The van der Waals surface area contributed by atoms with Gasteiger partial charge in [0.2, 0.25) is 0 Å². The van der Waals surface area contributed by atoms with Crippen molar-refractivity contribution < 1.29 is 4.74 Å². The van der Waals surface area contributed by atoms with E-state index in [1.165, 1.54) is 5.01 Å². The molecule has 6 heteroatoms. The molecule has 1 fully saturated rings. The van der Waals surface area contributed by atoms with E-state index in [9.17, 15) is 0 Å². The molecule has 0 spiro atoms. The van der Waals surface area contributed by atoms with Crippen molar-refractivity contribution in [3.8, 4) is 0 Å². The first kappa shape index (κ1) is 15.3. The molecule has 0 bridgehead atoms. The molecule has 112 valence electrons. The lowest BCUT2D eigenvalue weighted by molar-refractivity contribution is 0.0674. The van der Waals surface area contributed by atoms with Crippen LogP contribution < -0.4 is 5.73 Å². The highest BCUT2D eigenvalue weighted by Gasteiger charge is 2.17. The number of aromatic nitrogens is 1. The molecule has 0 radical (unpaired) electrons. The van der Waals surface area contributed by atoms with Crippen molar-refractivity contribution in [1.29, 1.82) is 0 Å². The van der Waals surface area contributed by atoms with Gasteiger partial charge < -0.3 is 15.4 Å². The second-order valence-electron chi connectivity index (χ2n) is 5.98. The molecular weight excluding hydrogens is 272 g/mol. The van der Waals surface area contributed by atoms with E-state index >= 15 is 0 Å². The summed E-state index contributed by atoms with van der Waals surface area (Å²) in [7, 11) is 0. The van der Waals surface area contributed by atoms with E-state index in [0.717, 1.165) is 38.4 Å². The fourth-order valence-corrected chi connectivity index (χ4v) is 2.89. The van der Waals surface area contributed by atoms with Gasteiger partial charge in [0.15, 0.2) is 5.96 Å². The largest absolute Gasteiger partial charge is 0.378 e. The van der Waals surface area contributed by atoms with E-state index in [1.807, 2.05) is 0 Å². The molecule has 1 aliphatic heterocycles. The van der Waals surface area contributed by atoms with Crippen molar-refractivity contribution in [2.24, 2.45) is 10.7 Å². The van der Waals surface area contributed by atoms with Gasteiger partial charge in [-0.2, -0.15) is 0 Å². The van der Waals surface area contributed by atoms with Crippen LogP contribution in [0.1, 0.15) is 31.5 Å². The number of ether oxygens (including phenoxy) is 1. The van der Waals surface area contributed by atoms with E-state index in [0.29, 0.717) is 12.5 Å². The third-order valence-corrected chi connectivity index (χ3v) is 4.49. The summed E-state index contributed by atoms with van der Waals surface area (Å²) in [5, 5.41) is 3.30. The van der Waals surface area contributed by atoms with Crippen molar-refractivity contribution in [2.75, 3.05) is 32.8 Å². The van der Waals surface area contributed by atoms with Crippen LogP contribution in [0.3, 0.4) is 0 Å². The molecule has 0 atom stereocenters. The highest BCUT2D eigenvalue weighted by molar-refractivity contribution is 7.09. The number of guanidine groups is 1. The molecule has 2 rings (SSSR count). The van der Waals surface area contributed by atoms with Crippen LogP contribution in [0.5, 0.6) is 0 Å². The van der Waals surface area contributed by atoms with Gasteiger partial charge >= 0.3 is 0 Å². The van der Waals surface area contributed by atoms with Gasteiger partial charge in [0.25, 0.3) is 0 Å². The fraction of sp³-hybridized carbons (Fsp3) is 0.714. The number of nitrogens with zero attached hydrogens (tertiary/aromatic N) is 3. The Hall–Kier alpha value is -1.14. The van der Waals surface area contributed by atoms with Gasteiger partial charge in [0, 0.05) is 36.9 Å². The minimum Gasteiger partial charge on any atom is -0.378 e. The van der Waals surface area contributed by atoms with Gasteiger partial charge in [-0.3, -0.25) is 4.99 Å². The van der Waals surface area contributed by atoms with Crippen LogP contribution >= 0.6 is 11.3 Å². The zero-order valence-electron chi connectivity index (χ0n) is 12.6. The number of aliphatic imine (C=N–C) groups is 1. The van der Waals surface area contributed by atoms with Crippen molar-refractivity contribution >= 4 is 17.3 Å². The summed E-state index contributed by atoms with van der Waals surface area (Å²) >= 11 is 1.73. The molecule has 2 heterocycles. The van der Waals surface area contributed by atoms with Crippen LogP contribution in [-0.2, 0) is 16.6 Å². The van der Waals surface area contributed by atoms with Gasteiger partial charge in [-0.15, -0.1) is 11.3 Å². The standard InChI is InChI=1S/C14H24N4OS/c1-14(2,3)12-17-11(10-20-12)4-5-16-13(15)18-6-8-19-9-7-18/h10H,4-9H2,1-3H3,(H2,15,16). The molecule has 1 aromatic heterocycles. The number of rotatable bonds is 3. The average molecular weight is 296 g/mol. The minimum absolute atomic E-state index is 0.124. The van der Waals surface area contributed by atoms with Crippen molar-refractivity contribution in [2.45, 2.75) is 32.6 Å². The lowest BCUT2D eigenvalue weighted by Crippen LogP contribution is -2.44. The van der Waals surface area contributed by atoms with E-state index in [4.69, 9.17) is 10.5 Å². The zero-order valence-corrected chi connectivity index (χ0v) is 13.4. The number of hydrogen-bond acceptors (Lipinski definition) is 4. The van der Waals surface area contributed by atoms with Crippen molar-refractivity contribution in [3.05, 3.63) is 16.1 Å². The van der Waals surface area contributed by atoms with E-state index < -0.39 is 0 Å². The first-order valence-corrected chi connectivity index (χ1v) is 7.92. The molecule has 0 aliphatic carbocycles. The van der Waals surface area contributed by atoms with E-state index in [2.05, 4.69) is 41.0 Å². The highest BCUT2D eigenvalue weighted by Crippen LogP contribution is 2.25. The smallest absolute Gasteiger partial charge is 0.191 e. The lowest BCUT2D eigenvalue weighted by Gasteiger charge is -2.27.